The lowest BCUT2D eigenvalue weighted by atomic mass is 10.1. The van der Waals surface area contributed by atoms with Gasteiger partial charge in [-0.15, -0.1) is 0 Å². The van der Waals surface area contributed by atoms with Crippen molar-refractivity contribution in [2.45, 2.75) is 6.10 Å². The molecule has 0 spiro atoms. The monoisotopic (exact) mass is 292 g/mol. The average molecular weight is 292 g/mol. The van der Waals surface area contributed by atoms with Crippen LogP contribution in [0.4, 0.5) is 0 Å². The van der Waals surface area contributed by atoms with Crippen molar-refractivity contribution in [3.63, 3.8) is 0 Å². The zero-order valence-corrected chi connectivity index (χ0v) is 11.7. The number of aromatic nitrogens is 1. The molecule has 0 amide bonds. The first-order valence-electron chi connectivity index (χ1n) is 6.97. The van der Waals surface area contributed by atoms with E-state index in [0.29, 0.717) is 23.6 Å². The van der Waals surface area contributed by atoms with Gasteiger partial charge in [-0.1, -0.05) is 0 Å². The molecule has 0 radical (unpaired) electrons. The number of hydrogen-bond donors (Lipinski definition) is 0. The molecule has 1 aliphatic rings. The van der Waals surface area contributed by atoms with Crippen LogP contribution in [0.5, 0.6) is 5.75 Å². The van der Waals surface area contributed by atoms with Crippen LogP contribution in [0.15, 0.2) is 46.9 Å². The first-order valence-corrected chi connectivity index (χ1v) is 6.97. The second-order valence-corrected chi connectivity index (χ2v) is 5.10. The van der Waals surface area contributed by atoms with E-state index in [9.17, 15) is 0 Å². The van der Waals surface area contributed by atoms with Gasteiger partial charge in [0.05, 0.1) is 18.2 Å². The first-order chi connectivity index (χ1) is 10.8. The fourth-order valence-corrected chi connectivity index (χ4v) is 2.16. The van der Waals surface area contributed by atoms with E-state index in [0.717, 1.165) is 23.4 Å². The largest absolute Gasteiger partial charge is 0.491 e. The van der Waals surface area contributed by atoms with Crippen molar-refractivity contribution in [3.8, 4) is 23.3 Å². The number of rotatable bonds is 4. The molecule has 1 aliphatic heterocycles. The molecular formula is C17H12N2O3. The quantitative estimate of drug-likeness (QED) is 0.691. The molecule has 22 heavy (non-hydrogen) atoms. The molecule has 0 saturated carbocycles. The highest BCUT2D eigenvalue weighted by Gasteiger charge is 2.23. The SMILES string of the molecule is N#Cc1ccc(-c2nc3ccc(OCC4CO4)cc3o2)cc1. The molecule has 1 fully saturated rings. The molecule has 0 N–H and O–H groups in total. The molecule has 1 unspecified atom stereocenters. The second kappa shape index (κ2) is 5.17. The second-order valence-electron chi connectivity index (χ2n) is 5.10. The summed E-state index contributed by atoms with van der Waals surface area (Å²) >= 11 is 0. The Balaban J connectivity index is 1.62. The van der Waals surface area contributed by atoms with Gasteiger partial charge in [0.25, 0.3) is 0 Å². The van der Waals surface area contributed by atoms with Crippen molar-refractivity contribution in [2.24, 2.45) is 0 Å². The molecule has 4 rings (SSSR count). The molecule has 0 aliphatic carbocycles. The Morgan fingerprint density at radius 1 is 1.23 bits per heavy atom. The first kappa shape index (κ1) is 12.9. The van der Waals surface area contributed by atoms with Gasteiger partial charge in [-0.05, 0) is 36.4 Å². The normalized spacial score (nSPS) is 16.4. The van der Waals surface area contributed by atoms with Crippen LogP contribution in [0.25, 0.3) is 22.6 Å². The highest BCUT2D eigenvalue weighted by molar-refractivity contribution is 5.77. The summed E-state index contributed by atoms with van der Waals surface area (Å²) in [6.45, 7) is 1.33. The molecule has 0 bridgehead atoms. The molecule has 1 saturated heterocycles. The van der Waals surface area contributed by atoms with Crippen LogP contribution < -0.4 is 4.74 Å². The highest BCUT2D eigenvalue weighted by atomic mass is 16.6. The van der Waals surface area contributed by atoms with Gasteiger partial charge in [0, 0.05) is 11.6 Å². The van der Waals surface area contributed by atoms with Crippen LogP contribution in [0, 0.1) is 11.3 Å². The number of hydrogen-bond acceptors (Lipinski definition) is 5. The van der Waals surface area contributed by atoms with Gasteiger partial charge < -0.3 is 13.9 Å². The zero-order chi connectivity index (χ0) is 14.9. The lowest BCUT2D eigenvalue weighted by Gasteiger charge is -2.02. The zero-order valence-electron chi connectivity index (χ0n) is 11.7. The van der Waals surface area contributed by atoms with E-state index < -0.39 is 0 Å². The number of benzene rings is 2. The summed E-state index contributed by atoms with van der Waals surface area (Å²) in [5.41, 5.74) is 2.89. The van der Waals surface area contributed by atoms with Crippen LogP contribution in [0.3, 0.4) is 0 Å². The fourth-order valence-electron chi connectivity index (χ4n) is 2.16. The summed E-state index contributed by atoms with van der Waals surface area (Å²) in [6, 6.07) is 14.8. The maximum Gasteiger partial charge on any atom is 0.227 e. The predicted molar refractivity (Wildman–Crippen MR) is 79.4 cm³/mol. The van der Waals surface area contributed by atoms with Gasteiger partial charge in [-0.3, -0.25) is 0 Å². The van der Waals surface area contributed by atoms with Gasteiger partial charge in [0.2, 0.25) is 5.89 Å². The number of fused-ring (bicyclic) bond motifs is 1. The third kappa shape index (κ3) is 2.52. The molecular weight excluding hydrogens is 280 g/mol. The minimum Gasteiger partial charge on any atom is -0.491 e. The van der Waals surface area contributed by atoms with Crippen molar-refractivity contribution in [3.05, 3.63) is 48.0 Å². The Bertz CT molecular complexity index is 858. The summed E-state index contributed by atoms with van der Waals surface area (Å²) in [4.78, 5) is 4.46. The van der Waals surface area contributed by atoms with Gasteiger partial charge in [-0.2, -0.15) is 5.26 Å². The van der Waals surface area contributed by atoms with E-state index in [1.54, 1.807) is 12.1 Å². The van der Waals surface area contributed by atoms with Crippen LogP contribution >= 0.6 is 0 Å². The minimum absolute atomic E-state index is 0.222. The topological polar surface area (TPSA) is 71.6 Å². The van der Waals surface area contributed by atoms with Crippen molar-refractivity contribution in [2.75, 3.05) is 13.2 Å². The smallest absolute Gasteiger partial charge is 0.227 e. The van der Waals surface area contributed by atoms with E-state index >= 15 is 0 Å². The van der Waals surface area contributed by atoms with Crippen molar-refractivity contribution < 1.29 is 13.9 Å². The number of nitriles is 1. The Morgan fingerprint density at radius 3 is 2.77 bits per heavy atom. The van der Waals surface area contributed by atoms with Gasteiger partial charge in [-0.25, -0.2) is 4.98 Å². The van der Waals surface area contributed by atoms with Crippen LogP contribution in [0.1, 0.15) is 5.56 Å². The number of nitrogens with zero attached hydrogens (tertiary/aromatic N) is 2. The Morgan fingerprint density at radius 2 is 2.05 bits per heavy atom. The van der Waals surface area contributed by atoms with Gasteiger partial charge in [0.15, 0.2) is 5.58 Å². The van der Waals surface area contributed by atoms with E-state index in [4.69, 9.17) is 19.2 Å². The fraction of sp³-hybridized carbons (Fsp3) is 0.176. The van der Waals surface area contributed by atoms with Crippen LogP contribution in [0.2, 0.25) is 0 Å². The highest BCUT2D eigenvalue weighted by Crippen LogP contribution is 2.27. The third-order valence-corrected chi connectivity index (χ3v) is 3.46. The van der Waals surface area contributed by atoms with Crippen LogP contribution in [-0.4, -0.2) is 24.3 Å². The Kier molecular flexibility index (Phi) is 3.02. The average Bonchev–Trinajstić information content (AvgIpc) is 3.30. The molecule has 2 heterocycles. The van der Waals surface area contributed by atoms with Gasteiger partial charge >= 0.3 is 0 Å². The summed E-state index contributed by atoms with van der Waals surface area (Å²) in [7, 11) is 0. The maximum absolute atomic E-state index is 8.83. The van der Waals surface area contributed by atoms with Crippen molar-refractivity contribution >= 4 is 11.1 Å². The Labute approximate surface area is 126 Å². The number of oxazole rings is 1. The minimum atomic E-state index is 0.222. The molecule has 2 aromatic carbocycles. The summed E-state index contributed by atoms with van der Waals surface area (Å²) < 4.78 is 16.5. The maximum atomic E-state index is 8.83. The van der Waals surface area contributed by atoms with Crippen LogP contribution in [-0.2, 0) is 4.74 Å². The lowest BCUT2D eigenvalue weighted by Crippen LogP contribution is -2.03. The molecule has 3 aromatic rings. The lowest BCUT2D eigenvalue weighted by molar-refractivity contribution is 0.263. The molecule has 5 nitrogen and oxygen atoms in total. The van der Waals surface area contributed by atoms with E-state index in [2.05, 4.69) is 11.1 Å². The molecule has 1 aromatic heterocycles. The predicted octanol–water partition coefficient (Wildman–Crippen LogP) is 3.14. The Hall–Kier alpha value is -2.84. The summed E-state index contributed by atoms with van der Waals surface area (Å²) in [5, 5.41) is 8.83. The van der Waals surface area contributed by atoms with E-state index in [-0.39, 0.29) is 6.10 Å². The van der Waals surface area contributed by atoms with Crippen molar-refractivity contribution in [1.82, 2.24) is 4.98 Å². The molecule has 108 valence electrons. The summed E-state index contributed by atoms with van der Waals surface area (Å²) in [5.74, 6) is 1.27. The number of epoxide rings is 1. The summed E-state index contributed by atoms with van der Waals surface area (Å²) in [6.07, 6.45) is 0.222. The molecule has 5 heteroatoms. The van der Waals surface area contributed by atoms with Gasteiger partial charge in [0.1, 0.15) is 24.0 Å². The molecule has 1 atom stereocenters. The van der Waals surface area contributed by atoms with E-state index in [1.165, 1.54) is 0 Å². The van der Waals surface area contributed by atoms with E-state index in [1.807, 2.05) is 30.3 Å². The standard InChI is InChI=1S/C17H12N2O3/c18-8-11-1-3-12(4-2-11)17-19-15-6-5-13(7-16(15)22-17)20-9-14-10-21-14/h1-7,14H,9-10H2. The third-order valence-electron chi connectivity index (χ3n) is 3.46. The van der Waals surface area contributed by atoms with Crippen molar-refractivity contribution in [1.29, 1.82) is 5.26 Å². The number of ether oxygens (including phenoxy) is 2.